The van der Waals surface area contributed by atoms with Crippen LogP contribution in [0.1, 0.15) is 12.8 Å². The van der Waals surface area contributed by atoms with Crippen LogP contribution in [-0.2, 0) is 24.3 Å². The van der Waals surface area contributed by atoms with E-state index < -0.39 is 28.0 Å². The molecule has 0 saturated heterocycles. The van der Waals surface area contributed by atoms with E-state index in [2.05, 4.69) is 4.74 Å². The molecule has 0 saturated carbocycles. The average Bonchev–Trinajstić information content (AvgIpc) is 2.09. The van der Waals surface area contributed by atoms with Gasteiger partial charge >= 0.3 is 11.9 Å². The van der Waals surface area contributed by atoms with Crippen molar-refractivity contribution < 1.29 is 27.9 Å². The molecular formula is C7H13NO6S. The molecule has 7 nitrogen and oxygen atoms in total. The van der Waals surface area contributed by atoms with Gasteiger partial charge < -0.3 is 9.84 Å². The van der Waals surface area contributed by atoms with Gasteiger partial charge in [-0.3, -0.25) is 9.59 Å². The second-order valence-electron chi connectivity index (χ2n) is 2.90. The minimum absolute atomic E-state index is 0.144. The number of carboxylic acids is 1. The molecule has 0 spiro atoms. The van der Waals surface area contributed by atoms with Crippen molar-refractivity contribution >= 4 is 22.0 Å². The number of nitrogens with one attached hydrogen (secondary N) is 1. The van der Waals surface area contributed by atoms with Crippen LogP contribution in [0.4, 0.5) is 0 Å². The van der Waals surface area contributed by atoms with Crippen LogP contribution in [0.5, 0.6) is 0 Å². The zero-order valence-corrected chi connectivity index (χ0v) is 9.20. The highest BCUT2D eigenvalue weighted by atomic mass is 32.2. The van der Waals surface area contributed by atoms with Gasteiger partial charge in [-0.15, -0.1) is 0 Å². The predicted molar refractivity (Wildman–Crippen MR) is 50.7 cm³/mol. The zero-order chi connectivity index (χ0) is 12.1. The Hall–Kier alpha value is -1.15. The van der Waals surface area contributed by atoms with Crippen molar-refractivity contribution in [2.75, 3.05) is 13.4 Å². The molecule has 2 N–H and O–H groups in total. The summed E-state index contributed by atoms with van der Waals surface area (Å²) in [4.78, 5) is 21.3. The maximum Gasteiger partial charge on any atom is 0.321 e. The molecule has 0 aliphatic rings. The molecule has 0 bridgehead atoms. The van der Waals surface area contributed by atoms with Gasteiger partial charge in [0.05, 0.1) is 13.4 Å². The number of carbonyl (C=O) groups is 2. The lowest BCUT2D eigenvalue weighted by atomic mass is 10.2. The quantitative estimate of drug-likeness (QED) is 0.572. The predicted octanol–water partition coefficient (Wildman–Crippen LogP) is -1.06. The van der Waals surface area contributed by atoms with Crippen molar-refractivity contribution in [3.8, 4) is 0 Å². The molecule has 15 heavy (non-hydrogen) atoms. The van der Waals surface area contributed by atoms with Gasteiger partial charge in [0.15, 0.2) is 0 Å². The Morgan fingerprint density at radius 2 is 2.00 bits per heavy atom. The summed E-state index contributed by atoms with van der Waals surface area (Å²) in [5.41, 5.74) is 0. The maximum atomic E-state index is 10.8. The number of methoxy groups -OCH3 is 1. The van der Waals surface area contributed by atoms with Gasteiger partial charge in [0, 0.05) is 6.42 Å². The van der Waals surface area contributed by atoms with Crippen LogP contribution in [0.2, 0.25) is 0 Å². The van der Waals surface area contributed by atoms with E-state index in [9.17, 15) is 18.0 Å². The molecular weight excluding hydrogens is 226 g/mol. The van der Waals surface area contributed by atoms with Crippen molar-refractivity contribution in [2.24, 2.45) is 0 Å². The zero-order valence-electron chi connectivity index (χ0n) is 8.39. The monoisotopic (exact) mass is 239 g/mol. The Balaban J connectivity index is 4.31. The lowest BCUT2D eigenvalue weighted by Gasteiger charge is -2.11. The summed E-state index contributed by atoms with van der Waals surface area (Å²) in [6, 6.07) is -1.31. The number of esters is 1. The van der Waals surface area contributed by atoms with E-state index in [1.807, 2.05) is 4.72 Å². The third-order valence-corrected chi connectivity index (χ3v) is 2.23. The van der Waals surface area contributed by atoms with Crippen LogP contribution < -0.4 is 4.72 Å². The molecule has 0 aromatic rings. The molecule has 0 heterocycles. The van der Waals surface area contributed by atoms with Gasteiger partial charge in [-0.05, 0) is 6.42 Å². The summed E-state index contributed by atoms with van der Waals surface area (Å²) in [7, 11) is -2.44. The number of carboxylic acid groups (broad SMARTS) is 1. The average molecular weight is 239 g/mol. The third kappa shape index (κ3) is 6.86. The molecule has 0 aliphatic carbocycles. The fraction of sp³-hybridized carbons (Fsp3) is 0.714. The third-order valence-electron chi connectivity index (χ3n) is 1.52. The summed E-state index contributed by atoms with van der Waals surface area (Å²) < 4.78 is 27.7. The number of aliphatic carboxylic acids is 1. The van der Waals surface area contributed by atoms with Crippen molar-refractivity contribution in [3.63, 3.8) is 0 Å². The van der Waals surface area contributed by atoms with Crippen LogP contribution in [0.25, 0.3) is 0 Å². The minimum Gasteiger partial charge on any atom is -0.480 e. The first-order chi connectivity index (χ1) is 6.76. The first kappa shape index (κ1) is 13.8. The van der Waals surface area contributed by atoms with Gasteiger partial charge in [-0.25, -0.2) is 13.1 Å². The SMILES string of the molecule is COC(=O)CC[C@H](NS(C)(=O)=O)C(=O)O. The number of hydrogen-bond acceptors (Lipinski definition) is 5. The fourth-order valence-electron chi connectivity index (χ4n) is 0.855. The van der Waals surface area contributed by atoms with Crippen molar-refractivity contribution in [2.45, 2.75) is 18.9 Å². The summed E-state index contributed by atoms with van der Waals surface area (Å²) in [6.07, 6.45) is 0.548. The van der Waals surface area contributed by atoms with E-state index in [0.717, 1.165) is 6.26 Å². The second-order valence-corrected chi connectivity index (χ2v) is 4.68. The lowest BCUT2D eigenvalue weighted by molar-refractivity contribution is -0.142. The molecule has 0 aromatic heterocycles. The molecule has 1 atom stereocenters. The van der Waals surface area contributed by atoms with E-state index in [1.165, 1.54) is 7.11 Å². The fourth-order valence-corrected chi connectivity index (χ4v) is 1.59. The summed E-state index contributed by atoms with van der Waals surface area (Å²) in [6.45, 7) is 0. The highest BCUT2D eigenvalue weighted by Gasteiger charge is 2.22. The van der Waals surface area contributed by atoms with E-state index in [0.29, 0.717) is 0 Å². The molecule has 0 rings (SSSR count). The van der Waals surface area contributed by atoms with Gasteiger partial charge in [-0.1, -0.05) is 0 Å². The standard InChI is InChI=1S/C7H13NO6S/c1-14-6(9)4-3-5(7(10)11)8-15(2,12)13/h5,8H,3-4H2,1-2H3,(H,10,11)/t5-/m0/s1. The Kier molecular flexibility index (Phi) is 5.23. The van der Waals surface area contributed by atoms with Gasteiger partial charge in [0.25, 0.3) is 0 Å². The topological polar surface area (TPSA) is 110 Å². The van der Waals surface area contributed by atoms with Crippen LogP contribution in [-0.4, -0.2) is 44.9 Å². The second kappa shape index (κ2) is 5.66. The molecule has 88 valence electrons. The molecule has 0 aromatic carbocycles. The van der Waals surface area contributed by atoms with Crippen molar-refractivity contribution in [3.05, 3.63) is 0 Å². The van der Waals surface area contributed by atoms with Crippen molar-refractivity contribution in [1.82, 2.24) is 4.72 Å². The molecule has 8 heteroatoms. The minimum atomic E-state index is -3.61. The highest BCUT2D eigenvalue weighted by Crippen LogP contribution is 2.00. The highest BCUT2D eigenvalue weighted by molar-refractivity contribution is 7.88. The molecule has 0 radical (unpaired) electrons. The van der Waals surface area contributed by atoms with E-state index in [1.54, 1.807) is 0 Å². The summed E-state index contributed by atoms with van der Waals surface area (Å²) in [5, 5.41) is 8.64. The number of ether oxygens (including phenoxy) is 1. The summed E-state index contributed by atoms with van der Waals surface area (Å²) in [5.74, 6) is -1.92. The van der Waals surface area contributed by atoms with Crippen LogP contribution >= 0.6 is 0 Å². The first-order valence-electron chi connectivity index (χ1n) is 4.03. The number of carbonyl (C=O) groups excluding carboxylic acids is 1. The van der Waals surface area contributed by atoms with Crippen molar-refractivity contribution in [1.29, 1.82) is 0 Å². The van der Waals surface area contributed by atoms with E-state index in [-0.39, 0.29) is 12.8 Å². The lowest BCUT2D eigenvalue weighted by Crippen LogP contribution is -2.40. The van der Waals surface area contributed by atoms with E-state index in [4.69, 9.17) is 5.11 Å². The Labute approximate surface area is 87.5 Å². The van der Waals surface area contributed by atoms with Gasteiger partial charge in [0.2, 0.25) is 10.0 Å². The van der Waals surface area contributed by atoms with Gasteiger partial charge in [-0.2, -0.15) is 0 Å². The van der Waals surface area contributed by atoms with Gasteiger partial charge in [0.1, 0.15) is 6.04 Å². The first-order valence-corrected chi connectivity index (χ1v) is 5.92. The maximum absolute atomic E-state index is 10.8. The largest absolute Gasteiger partial charge is 0.480 e. The molecule has 0 aliphatic heterocycles. The molecule has 0 fully saturated rings. The van der Waals surface area contributed by atoms with Crippen LogP contribution in [0.3, 0.4) is 0 Å². The Bertz CT molecular complexity index is 335. The number of sulfonamides is 1. The summed E-state index contributed by atoms with van der Waals surface area (Å²) >= 11 is 0. The van der Waals surface area contributed by atoms with Crippen LogP contribution in [0, 0.1) is 0 Å². The smallest absolute Gasteiger partial charge is 0.321 e. The number of rotatable bonds is 6. The number of hydrogen-bond donors (Lipinski definition) is 2. The Morgan fingerprint density at radius 3 is 2.33 bits per heavy atom. The van der Waals surface area contributed by atoms with E-state index >= 15 is 0 Å². The normalized spacial score (nSPS) is 13.2. The van der Waals surface area contributed by atoms with Crippen LogP contribution in [0.15, 0.2) is 0 Å². The Morgan fingerprint density at radius 1 is 1.47 bits per heavy atom. The molecule has 0 amide bonds. The molecule has 0 unspecified atom stereocenters.